The van der Waals surface area contributed by atoms with E-state index < -0.39 is 0 Å². The smallest absolute Gasteiger partial charge is 0.221 e. The molecule has 0 aromatic carbocycles. The molecule has 3 heteroatoms. The SMILES string of the molecule is CC(C)c1cccc(C(=O)c2cccs2)n1. The second kappa shape index (κ2) is 4.58. The molecule has 2 nitrogen and oxygen atoms in total. The Morgan fingerprint density at radius 2 is 2.06 bits per heavy atom. The standard InChI is InChI=1S/C13H13NOS/c1-9(2)10-5-3-6-11(14-10)13(15)12-7-4-8-16-12/h3-9H,1-2H3. The molecule has 0 amide bonds. The van der Waals surface area contributed by atoms with Gasteiger partial charge in [-0.1, -0.05) is 26.0 Å². The Bertz CT molecular complexity index is 488. The molecule has 2 rings (SSSR count). The molecule has 2 aromatic rings. The molecule has 16 heavy (non-hydrogen) atoms. The first-order valence-corrected chi connectivity index (χ1v) is 6.11. The minimum atomic E-state index is 0.0116. The Balaban J connectivity index is 2.34. The Morgan fingerprint density at radius 3 is 2.69 bits per heavy atom. The monoisotopic (exact) mass is 231 g/mol. The first-order valence-electron chi connectivity index (χ1n) is 5.23. The molecule has 0 atom stereocenters. The summed E-state index contributed by atoms with van der Waals surface area (Å²) in [5.74, 6) is 0.355. The summed E-state index contributed by atoms with van der Waals surface area (Å²) >= 11 is 1.45. The van der Waals surface area contributed by atoms with Gasteiger partial charge in [-0.25, -0.2) is 4.98 Å². The van der Waals surface area contributed by atoms with Crippen LogP contribution in [0.25, 0.3) is 0 Å². The van der Waals surface area contributed by atoms with Gasteiger partial charge in [0.2, 0.25) is 5.78 Å². The molecule has 0 aliphatic carbocycles. The Hall–Kier alpha value is -1.48. The molecule has 0 bridgehead atoms. The van der Waals surface area contributed by atoms with Gasteiger partial charge < -0.3 is 0 Å². The lowest BCUT2D eigenvalue weighted by molar-refractivity contribution is 0.103. The molecule has 2 aromatic heterocycles. The highest BCUT2D eigenvalue weighted by Gasteiger charge is 2.12. The summed E-state index contributed by atoms with van der Waals surface area (Å²) in [6, 6.07) is 9.33. The van der Waals surface area contributed by atoms with Crippen molar-refractivity contribution >= 4 is 17.1 Å². The molecule has 82 valence electrons. The van der Waals surface area contributed by atoms with E-state index in [4.69, 9.17) is 0 Å². The van der Waals surface area contributed by atoms with E-state index in [9.17, 15) is 4.79 Å². The van der Waals surface area contributed by atoms with Crippen LogP contribution in [0.15, 0.2) is 35.7 Å². The molecule has 0 spiro atoms. The third kappa shape index (κ3) is 2.19. The number of rotatable bonds is 3. The maximum atomic E-state index is 12.0. The van der Waals surface area contributed by atoms with Crippen LogP contribution in [0, 0.1) is 0 Å². The number of pyridine rings is 1. The van der Waals surface area contributed by atoms with E-state index in [1.165, 1.54) is 11.3 Å². The van der Waals surface area contributed by atoms with Crippen LogP contribution in [-0.2, 0) is 0 Å². The molecule has 0 saturated carbocycles. The third-order valence-corrected chi connectivity index (χ3v) is 3.21. The van der Waals surface area contributed by atoms with Crippen LogP contribution >= 0.6 is 11.3 Å². The van der Waals surface area contributed by atoms with Crippen molar-refractivity contribution in [3.05, 3.63) is 52.0 Å². The van der Waals surface area contributed by atoms with Crippen LogP contribution in [0.4, 0.5) is 0 Å². The van der Waals surface area contributed by atoms with Crippen LogP contribution < -0.4 is 0 Å². The number of carbonyl (C=O) groups is 1. The molecule has 0 unspecified atom stereocenters. The quantitative estimate of drug-likeness (QED) is 0.757. The van der Waals surface area contributed by atoms with Gasteiger partial charge in [0.1, 0.15) is 5.69 Å². The maximum Gasteiger partial charge on any atom is 0.221 e. The van der Waals surface area contributed by atoms with Gasteiger partial charge in [-0.2, -0.15) is 0 Å². The highest BCUT2D eigenvalue weighted by atomic mass is 32.1. The van der Waals surface area contributed by atoms with E-state index in [2.05, 4.69) is 18.8 Å². The average molecular weight is 231 g/mol. The molecule has 0 radical (unpaired) electrons. The van der Waals surface area contributed by atoms with E-state index in [-0.39, 0.29) is 5.78 Å². The Kier molecular flexibility index (Phi) is 3.15. The van der Waals surface area contributed by atoms with Crippen molar-refractivity contribution in [3.8, 4) is 0 Å². The van der Waals surface area contributed by atoms with Gasteiger partial charge in [-0.15, -0.1) is 11.3 Å². The van der Waals surface area contributed by atoms with Crippen LogP contribution in [0.2, 0.25) is 0 Å². The lowest BCUT2D eigenvalue weighted by Crippen LogP contribution is -2.04. The average Bonchev–Trinajstić information content (AvgIpc) is 2.81. The van der Waals surface area contributed by atoms with Crippen LogP contribution in [-0.4, -0.2) is 10.8 Å². The molecular formula is C13H13NOS. The van der Waals surface area contributed by atoms with Crippen molar-refractivity contribution in [1.29, 1.82) is 0 Å². The van der Waals surface area contributed by atoms with Gasteiger partial charge in [0, 0.05) is 5.69 Å². The summed E-state index contributed by atoms with van der Waals surface area (Å²) in [4.78, 5) is 17.2. The van der Waals surface area contributed by atoms with Crippen LogP contribution in [0.5, 0.6) is 0 Å². The van der Waals surface area contributed by atoms with Crippen LogP contribution in [0.3, 0.4) is 0 Å². The fraction of sp³-hybridized carbons (Fsp3) is 0.231. The van der Waals surface area contributed by atoms with Crippen molar-refractivity contribution in [2.24, 2.45) is 0 Å². The topological polar surface area (TPSA) is 30.0 Å². The predicted octanol–water partition coefficient (Wildman–Crippen LogP) is 3.50. The van der Waals surface area contributed by atoms with Gasteiger partial charge in [0.25, 0.3) is 0 Å². The van der Waals surface area contributed by atoms with Crippen LogP contribution in [0.1, 0.15) is 40.8 Å². The minimum Gasteiger partial charge on any atom is -0.286 e. The highest BCUT2D eigenvalue weighted by Crippen LogP contribution is 2.16. The second-order valence-corrected chi connectivity index (χ2v) is 4.86. The summed E-state index contributed by atoms with van der Waals surface area (Å²) in [6.45, 7) is 4.14. The lowest BCUT2D eigenvalue weighted by Gasteiger charge is -2.05. The van der Waals surface area contributed by atoms with E-state index in [0.29, 0.717) is 11.6 Å². The summed E-state index contributed by atoms with van der Waals surface area (Å²) in [5.41, 5.74) is 1.50. The van der Waals surface area contributed by atoms with Gasteiger partial charge >= 0.3 is 0 Å². The first kappa shape index (κ1) is 11.0. The predicted molar refractivity (Wildman–Crippen MR) is 66.1 cm³/mol. The Morgan fingerprint density at radius 1 is 1.25 bits per heavy atom. The molecule has 0 fully saturated rings. The van der Waals surface area contributed by atoms with Crippen molar-refractivity contribution in [1.82, 2.24) is 4.98 Å². The molecule has 0 aliphatic heterocycles. The molecule has 0 saturated heterocycles. The molecular weight excluding hydrogens is 218 g/mol. The number of ketones is 1. The maximum absolute atomic E-state index is 12.0. The lowest BCUT2D eigenvalue weighted by atomic mass is 10.1. The van der Waals surface area contributed by atoms with Crippen molar-refractivity contribution in [2.45, 2.75) is 19.8 Å². The summed E-state index contributed by atoms with van der Waals surface area (Å²) in [7, 11) is 0. The van der Waals surface area contributed by atoms with Gasteiger partial charge in [-0.3, -0.25) is 4.79 Å². The van der Waals surface area contributed by atoms with Gasteiger partial charge in [0.15, 0.2) is 0 Å². The van der Waals surface area contributed by atoms with Crippen molar-refractivity contribution in [3.63, 3.8) is 0 Å². The van der Waals surface area contributed by atoms with E-state index in [0.717, 1.165) is 10.6 Å². The fourth-order valence-corrected chi connectivity index (χ4v) is 2.11. The van der Waals surface area contributed by atoms with Crippen molar-refractivity contribution < 1.29 is 4.79 Å². The molecule has 0 aliphatic rings. The molecule has 0 N–H and O–H groups in total. The third-order valence-electron chi connectivity index (χ3n) is 2.34. The fourth-order valence-electron chi connectivity index (χ4n) is 1.43. The van der Waals surface area contributed by atoms with Gasteiger partial charge in [0.05, 0.1) is 4.88 Å². The number of carbonyl (C=O) groups excluding carboxylic acids is 1. The van der Waals surface area contributed by atoms with Gasteiger partial charge in [-0.05, 0) is 29.5 Å². The molecule has 2 heterocycles. The minimum absolute atomic E-state index is 0.0116. The number of aromatic nitrogens is 1. The zero-order chi connectivity index (χ0) is 11.5. The van der Waals surface area contributed by atoms with E-state index in [1.807, 2.05) is 29.6 Å². The summed E-state index contributed by atoms with van der Waals surface area (Å²) in [5, 5.41) is 1.90. The Labute approximate surface area is 99.0 Å². The summed E-state index contributed by atoms with van der Waals surface area (Å²) < 4.78 is 0. The van der Waals surface area contributed by atoms with Crippen molar-refractivity contribution in [2.75, 3.05) is 0 Å². The zero-order valence-electron chi connectivity index (χ0n) is 9.31. The largest absolute Gasteiger partial charge is 0.286 e. The van der Waals surface area contributed by atoms with E-state index >= 15 is 0 Å². The van der Waals surface area contributed by atoms with E-state index in [1.54, 1.807) is 6.07 Å². The zero-order valence-corrected chi connectivity index (χ0v) is 10.1. The number of hydrogen-bond acceptors (Lipinski definition) is 3. The summed E-state index contributed by atoms with van der Waals surface area (Å²) in [6.07, 6.45) is 0. The number of hydrogen-bond donors (Lipinski definition) is 0. The normalized spacial score (nSPS) is 10.7. The first-order chi connectivity index (χ1) is 7.68. The number of thiophene rings is 1. The second-order valence-electron chi connectivity index (χ2n) is 3.91. The highest BCUT2D eigenvalue weighted by molar-refractivity contribution is 7.12. The number of nitrogens with zero attached hydrogens (tertiary/aromatic N) is 1.